The van der Waals surface area contributed by atoms with Crippen molar-refractivity contribution in [2.24, 2.45) is 5.92 Å². The summed E-state index contributed by atoms with van der Waals surface area (Å²) in [5.41, 5.74) is 0. The third-order valence-electron chi connectivity index (χ3n) is 2.68. The highest BCUT2D eigenvalue weighted by molar-refractivity contribution is 5.78. The Hall–Kier alpha value is -0.870. The zero-order valence-corrected chi connectivity index (χ0v) is 9.84. The van der Waals surface area contributed by atoms with Gasteiger partial charge in [-0.2, -0.15) is 0 Å². The lowest BCUT2D eigenvalue weighted by molar-refractivity contribution is -0.125. The Kier molecular flexibility index (Phi) is 6.85. The highest BCUT2D eigenvalue weighted by Crippen LogP contribution is 2.09. The molecule has 16 heavy (non-hydrogen) atoms. The molecule has 0 saturated carbocycles. The molecular formula is C12H22N2O2. The lowest BCUT2D eigenvalue weighted by atomic mass is 9.99. The van der Waals surface area contributed by atoms with Crippen LogP contribution in [0.5, 0.6) is 0 Å². The Morgan fingerprint density at radius 2 is 2.44 bits per heavy atom. The van der Waals surface area contributed by atoms with Gasteiger partial charge in [-0.25, -0.2) is 0 Å². The number of amides is 1. The van der Waals surface area contributed by atoms with Gasteiger partial charge in [-0.15, -0.1) is 6.58 Å². The second-order valence-corrected chi connectivity index (χ2v) is 4.02. The van der Waals surface area contributed by atoms with Crippen molar-refractivity contribution in [2.75, 3.05) is 32.8 Å². The summed E-state index contributed by atoms with van der Waals surface area (Å²) < 4.78 is 5.31. The molecular weight excluding hydrogens is 204 g/mol. The van der Waals surface area contributed by atoms with Crippen molar-refractivity contribution < 1.29 is 9.53 Å². The largest absolute Gasteiger partial charge is 0.379 e. The van der Waals surface area contributed by atoms with Gasteiger partial charge in [0.05, 0.1) is 19.1 Å². The first kappa shape index (κ1) is 13.2. The Labute approximate surface area is 97.4 Å². The minimum atomic E-state index is 0.141. The van der Waals surface area contributed by atoms with E-state index in [4.69, 9.17) is 4.74 Å². The van der Waals surface area contributed by atoms with Gasteiger partial charge in [-0.3, -0.25) is 4.79 Å². The summed E-state index contributed by atoms with van der Waals surface area (Å²) in [5.74, 6) is 0.293. The van der Waals surface area contributed by atoms with Gasteiger partial charge in [0.15, 0.2) is 0 Å². The van der Waals surface area contributed by atoms with Gasteiger partial charge >= 0.3 is 0 Å². The number of rotatable bonds is 7. The minimum Gasteiger partial charge on any atom is -0.379 e. The van der Waals surface area contributed by atoms with Crippen molar-refractivity contribution in [3.63, 3.8) is 0 Å². The van der Waals surface area contributed by atoms with Gasteiger partial charge in [-0.1, -0.05) is 6.08 Å². The zero-order chi connectivity index (χ0) is 11.6. The number of hydrogen-bond acceptors (Lipinski definition) is 3. The number of ether oxygens (including phenoxy) is 1. The summed E-state index contributed by atoms with van der Waals surface area (Å²) in [6.45, 7) is 7.33. The molecule has 1 saturated heterocycles. The van der Waals surface area contributed by atoms with Gasteiger partial charge in [0.1, 0.15) is 0 Å². The maximum absolute atomic E-state index is 11.7. The van der Waals surface area contributed by atoms with E-state index in [1.165, 1.54) is 0 Å². The van der Waals surface area contributed by atoms with E-state index in [1.807, 2.05) is 6.08 Å². The average Bonchev–Trinajstić information content (AvgIpc) is 2.34. The predicted octanol–water partition coefficient (Wildman–Crippen LogP) is 0.695. The minimum absolute atomic E-state index is 0.141. The third kappa shape index (κ3) is 5.28. The SMILES string of the molecule is C=CCCOCCNC(=O)[C@@H]1CCCNC1. The van der Waals surface area contributed by atoms with E-state index in [0.717, 1.165) is 32.4 Å². The fourth-order valence-corrected chi connectivity index (χ4v) is 1.74. The van der Waals surface area contributed by atoms with Gasteiger partial charge in [0.25, 0.3) is 0 Å². The normalized spacial score (nSPS) is 20.4. The smallest absolute Gasteiger partial charge is 0.224 e. The van der Waals surface area contributed by atoms with E-state index in [2.05, 4.69) is 17.2 Å². The molecule has 1 heterocycles. The van der Waals surface area contributed by atoms with Crippen molar-refractivity contribution >= 4 is 5.91 Å². The van der Waals surface area contributed by atoms with Crippen molar-refractivity contribution in [3.05, 3.63) is 12.7 Å². The molecule has 1 aliphatic heterocycles. The first-order valence-electron chi connectivity index (χ1n) is 6.01. The molecule has 1 rings (SSSR count). The molecule has 0 aromatic rings. The Morgan fingerprint density at radius 1 is 1.56 bits per heavy atom. The molecule has 0 aromatic heterocycles. The fourth-order valence-electron chi connectivity index (χ4n) is 1.74. The van der Waals surface area contributed by atoms with Crippen LogP contribution in [0, 0.1) is 5.92 Å². The first-order valence-corrected chi connectivity index (χ1v) is 6.01. The standard InChI is InChI=1S/C12H22N2O2/c1-2-3-8-16-9-7-14-12(15)11-5-4-6-13-10-11/h2,11,13H,1,3-10H2,(H,14,15)/t11-/m1/s1. The maximum Gasteiger partial charge on any atom is 0.224 e. The van der Waals surface area contributed by atoms with Crippen LogP contribution in [-0.2, 0) is 9.53 Å². The van der Waals surface area contributed by atoms with E-state index >= 15 is 0 Å². The van der Waals surface area contributed by atoms with Crippen LogP contribution in [0.4, 0.5) is 0 Å². The average molecular weight is 226 g/mol. The molecule has 0 spiro atoms. The lowest BCUT2D eigenvalue weighted by Crippen LogP contribution is -2.41. The Morgan fingerprint density at radius 3 is 3.12 bits per heavy atom. The van der Waals surface area contributed by atoms with E-state index in [0.29, 0.717) is 19.8 Å². The van der Waals surface area contributed by atoms with Crippen LogP contribution >= 0.6 is 0 Å². The Balaban J connectivity index is 1.99. The molecule has 1 fully saturated rings. The molecule has 2 N–H and O–H groups in total. The molecule has 0 aromatic carbocycles. The molecule has 92 valence electrons. The zero-order valence-electron chi connectivity index (χ0n) is 9.84. The van der Waals surface area contributed by atoms with Crippen molar-refractivity contribution in [2.45, 2.75) is 19.3 Å². The van der Waals surface area contributed by atoms with Crippen LogP contribution in [0.15, 0.2) is 12.7 Å². The van der Waals surface area contributed by atoms with Crippen molar-refractivity contribution in [1.82, 2.24) is 10.6 Å². The second-order valence-electron chi connectivity index (χ2n) is 4.02. The summed E-state index contributed by atoms with van der Waals surface area (Å²) >= 11 is 0. The van der Waals surface area contributed by atoms with Crippen LogP contribution in [0.2, 0.25) is 0 Å². The van der Waals surface area contributed by atoms with Gasteiger partial charge in [0, 0.05) is 13.1 Å². The molecule has 0 radical (unpaired) electrons. The van der Waals surface area contributed by atoms with Crippen LogP contribution in [-0.4, -0.2) is 38.8 Å². The number of carbonyl (C=O) groups excluding carboxylic acids is 1. The highest BCUT2D eigenvalue weighted by Gasteiger charge is 2.19. The quantitative estimate of drug-likeness (QED) is 0.496. The second kappa shape index (κ2) is 8.30. The fraction of sp³-hybridized carbons (Fsp3) is 0.750. The van der Waals surface area contributed by atoms with Crippen LogP contribution in [0.25, 0.3) is 0 Å². The van der Waals surface area contributed by atoms with Gasteiger partial charge in [-0.05, 0) is 25.8 Å². The maximum atomic E-state index is 11.7. The molecule has 0 aliphatic carbocycles. The van der Waals surface area contributed by atoms with E-state index in [9.17, 15) is 4.79 Å². The predicted molar refractivity (Wildman–Crippen MR) is 64.2 cm³/mol. The van der Waals surface area contributed by atoms with E-state index in [-0.39, 0.29) is 11.8 Å². The summed E-state index contributed by atoms with van der Waals surface area (Å²) in [6.07, 6.45) is 4.77. The summed E-state index contributed by atoms with van der Waals surface area (Å²) in [7, 11) is 0. The van der Waals surface area contributed by atoms with Crippen LogP contribution < -0.4 is 10.6 Å². The monoisotopic (exact) mass is 226 g/mol. The molecule has 4 heteroatoms. The van der Waals surface area contributed by atoms with Gasteiger partial charge in [0.2, 0.25) is 5.91 Å². The van der Waals surface area contributed by atoms with Crippen molar-refractivity contribution in [1.29, 1.82) is 0 Å². The summed E-state index contributed by atoms with van der Waals surface area (Å²) in [4.78, 5) is 11.7. The van der Waals surface area contributed by atoms with Crippen LogP contribution in [0.1, 0.15) is 19.3 Å². The van der Waals surface area contributed by atoms with Gasteiger partial charge < -0.3 is 15.4 Å². The number of piperidine rings is 1. The number of hydrogen-bond donors (Lipinski definition) is 2. The first-order chi connectivity index (χ1) is 7.84. The van der Waals surface area contributed by atoms with E-state index in [1.54, 1.807) is 0 Å². The molecule has 0 bridgehead atoms. The molecule has 1 aliphatic rings. The Bertz CT molecular complexity index is 213. The highest BCUT2D eigenvalue weighted by atomic mass is 16.5. The topological polar surface area (TPSA) is 50.4 Å². The molecule has 0 unspecified atom stereocenters. The molecule has 1 amide bonds. The van der Waals surface area contributed by atoms with E-state index < -0.39 is 0 Å². The van der Waals surface area contributed by atoms with Crippen molar-refractivity contribution in [3.8, 4) is 0 Å². The third-order valence-corrected chi connectivity index (χ3v) is 2.68. The molecule has 4 nitrogen and oxygen atoms in total. The lowest BCUT2D eigenvalue weighted by Gasteiger charge is -2.21. The number of nitrogens with one attached hydrogen (secondary N) is 2. The molecule has 1 atom stereocenters. The summed E-state index contributed by atoms with van der Waals surface area (Å²) in [5, 5.41) is 6.13. The number of carbonyl (C=O) groups is 1. The van der Waals surface area contributed by atoms with Crippen LogP contribution in [0.3, 0.4) is 0 Å². The summed E-state index contributed by atoms with van der Waals surface area (Å²) in [6, 6.07) is 0.